The van der Waals surface area contributed by atoms with Gasteiger partial charge >= 0.3 is 0 Å². The molecule has 2 aromatic carbocycles. The van der Waals surface area contributed by atoms with E-state index in [0.29, 0.717) is 5.69 Å². The van der Waals surface area contributed by atoms with Crippen molar-refractivity contribution < 1.29 is 4.92 Å². The first kappa shape index (κ1) is 13.6. The van der Waals surface area contributed by atoms with E-state index in [1.165, 1.54) is 12.1 Å². The Morgan fingerprint density at radius 2 is 1.85 bits per heavy atom. The third-order valence-corrected chi connectivity index (χ3v) is 2.99. The molecular formula is C15H13N3O2. The van der Waals surface area contributed by atoms with Crippen molar-refractivity contribution in [1.29, 1.82) is 5.26 Å². The molecule has 2 aromatic rings. The molecule has 20 heavy (non-hydrogen) atoms. The zero-order valence-electron chi connectivity index (χ0n) is 11.2. The number of hydrogen-bond donors (Lipinski definition) is 1. The van der Waals surface area contributed by atoms with Gasteiger partial charge in [-0.05, 0) is 31.5 Å². The Hall–Kier alpha value is -2.87. The fourth-order valence-corrected chi connectivity index (χ4v) is 1.95. The van der Waals surface area contributed by atoms with E-state index in [1.54, 1.807) is 6.07 Å². The van der Waals surface area contributed by atoms with E-state index in [2.05, 4.69) is 5.32 Å². The van der Waals surface area contributed by atoms with E-state index in [4.69, 9.17) is 5.26 Å². The highest BCUT2D eigenvalue weighted by molar-refractivity contribution is 5.70. The fourth-order valence-electron chi connectivity index (χ4n) is 1.95. The molecule has 5 nitrogen and oxygen atoms in total. The molecule has 0 aliphatic heterocycles. The van der Waals surface area contributed by atoms with Crippen LogP contribution in [0, 0.1) is 35.3 Å². The first-order valence-corrected chi connectivity index (χ1v) is 6.04. The largest absolute Gasteiger partial charge is 0.354 e. The van der Waals surface area contributed by atoms with Crippen molar-refractivity contribution in [3.8, 4) is 6.07 Å². The number of nitrogens with zero attached hydrogens (tertiary/aromatic N) is 2. The normalized spacial score (nSPS) is 9.85. The monoisotopic (exact) mass is 267 g/mol. The molecule has 100 valence electrons. The number of anilines is 2. The summed E-state index contributed by atoms with van der Waals surface area (Å²) in [5.41, 5.74) is 3.79. The summed E-state index contributed by atoms with van der Waals surface area (Å²) in [7, 11) is 0. The highest BCUT2D eigenvalue weighted by atomic mass is 16.6. The number of non-ortho nitro benzene ring substituents is 1. The van der Waals surface area contributed by atoms with Gasteiger partial charge in [0.1, 0.15) is 6.07 Å². The second kappa shape index (κ2) is 5.41. The van der Waals surface area contributed by atoms with Crippen LogP contribution in [0.25, 0.3) is 0 Å². The molecule has 0 saturated heterocycles. The summed E-state index contributed by atoms with van der Waals surface area (Å²) in [6.45, 7) is 3.97. The zero-order chi connectivity index (χ0) is 14.7. The van der Waals surface area contributed by atoms with Crippen LogP contribution in [0.1, 0.15) is 16.7 Å². The van der Waals surface area contributed by atoms with Gasteiger partial charge in [-0.25, -0.2) is 0 Å². The lowest BCUT2D eigenvalue weighted by Gasteiger charge is -2.11. The molecule has 0 aliphatic rings. The van der Waals surface area contributed by atoms with Crippen LogP contribution in [-0.2, 0) is 0 Å². The molecular weight excluding hydrogens is 254 g/mol. The predicted octanol–water partition coefficient (Wildman–Crippen LogP) is 3.83. The van der Waals surface area contributed by atoms with Gasteiger partial charge in [-0.3, -0.25) is 10.1 Å². The van der Waals surface area contributed by atoms with Crippen LogP contribution in [0.15, 0.2) is 36.4 Å². The van der Waals surface area contributed by atoms with Crippen molar-refractivity contribution in [3.63, 3.8) is 0 Å². The number of nitro benzene ring substituents is 1. The van der Waals surface area contributed by atoms with Crippen LogP contribution in [0.3, 0.4) is 0 Å². The third kappa shape index (κ3) is 2.75. The number of hydrogen-bond acceptors (Lipinski definition) is 4. The van der Waals surface area contributed by atoms with Crippen LogP contribution in [0.4, 0.5) is 17.1 Å². The van der Waals surface area contributed by atoms with Crippen molar-refractivity contribution in [3.05, 3.63) is 63.2 Å². The third-order valence-electron chi connectivity index (χ3n) is 2.99. The number of nitro groups is 1. The van der Waals surface area contributed by atoms with E-state index in [-0.39, 0.29) is 11.3 Å². The smallest absolute Gasteiger partial charge is 0.270 e. The Labute approximate surface area is 116 Å². The Morgan fingerprint density at radius 1 is 1.15 bits per heavy atom. The number of benzene rings is 2. The lowest BCUT2D eigenvalue weighted by atomic mass is 10.1. The van der Waals surface area contributed by atoms with Gasteiger partial charge in [0, 0.05) is 17.8 Å². The Kier molecular flexibility index (Phi) is 3.67. The molecule has 0 heterocycles. The van der Waals surface area contributed by atoms with Gasteiger partial charge in [-0.1, -0.05) is 17.7 Å². The summed E-state index contributed by atoms with van der Waals surface area (Å²) in [5.74, 6) is 0. The zero-order valence-corrected chi connectivity index (χ0v) is 11.2. The molecule has 0 amide bonds. The van der Waals surface area contributed by atoms with Gasteiger partial charge in [0.2, 0.25) is 0 Å². The van der Waals surface area contributed by atoms with Crippen LogP contribution in [-0.4, -0.2) is 4.92 Å². The quantitative estimate of drug-likeness (QED) is 0.677. The summed E-state index contributed by atoms with van der Waals surface area (Å²) < 4.78 is 0. The fraction of sp³-hybridized carbons (Fsp3) is 0.133. The van der Waals surface area contributed by atoms with Gasteiger partial charge in [0.25, 0.3) is 5.69 Å². The molecule has 0 aliphatic carbocycles. The van der Waals surface area contributed by atoms with Crippen molar-refractivity contribution in [1.82, 2.24) is 0 Å². The minimum absolute atomic E-state index is 0.0901. The molecule has 0 fully saturated rings. The van der Waals surface area contributed by atoms with Gasteiger partial charge in [0.15, 0.2) is 0 Å². The maximum Gasteiger partial charge on any atom is 0.270 e. The first-order chi connectivity index (χ1) is 9.51. The van der Waals surface area contributed by atoms with Crippen LogP contribution < -0.4 is 5.32 Å². The number of rotatable bonds is 3. The maximum absolute atomic E-state index is 10.7. The average molecular weight is 267 g/mol. The predicted molar refractivity (Wildman–Crippen MR) is 77.0 cm³/mol. The summed E-state index contributed by atoms with van der Waals surface area (Å²) >= 11 is 0. The number of aryl methyl sites for hydroxylation is 2. The second-order valence-corrected chi connectivity index (χ2v) is 4.54. The van der Waals surface area contributed by atoms with Gasteiger partial charge < -0.3 is 5.32 Å². The topological polar surface area (TPSA) is 79.0 Å². The van der Waals surface area contributed by atoms with Crippen LogP contribution in [0.5, 0.6) is 0 Å². The van der Waals surface area contributed by atoms with Crippen molar-refractivity contribution in [2.24, 2.45) is 0 Å². The number of nitrogens with one attached hydrogen (secondary N) is 1. The highest BCUT2D eigenvalue weighted by Gasteiger charge is 2.11. The lowest BCUT2D eigenvalue weighted by Crippen LogP contribution is -1.97. The average Bonchev–Trinajstić information content (AvgIpc) is 2.42. The standard InChI is InChI=1S/C15H13N3O2/c1-10-3-5-14(11(2)7-10)17-15-6-4-13(18(19)20)8-12(15)9-16/h3-8,17H,1-2H3. The SMILES string of the molecule is Cc1ccc(Nc2ccc([N+](=O)[O-])cc2C#N)c(C)c1. The highest BCUT2D eigenvalue weighted by Crippen LogP contribution is 2.26. The van der Waals surface area contributed by atoms with Gasteiger partial charge in [-0.15, -0.1) is 0 Å². The Bertz CT molecular complexity index is 718. The van der Waals surface area contributed by atoms with E-state index in [0.717, 1.165) is 16.8 Å². The van der Waals surface area contributed by atoms with Crippen LogP contribution in [0.2, 0.25) is 0 Å². The van der Waals surface area contributed by atoms with E-state index < -0.39 is 4.92 Å². The van der Waals surface area contributed by atoms with E-state index >= 15 is 0 Å². The van der Waals surface area contributed by atoms with Crippen LogP contribution >= 0.6 is 0 Å². The van der Waals surface area contributed by atoms with Crippen molar-refractivity contribution in [2.75, 3.05) is 5.32 Å². The Balaban J connectivity index is 2.39. The minimum Gasteiger partial charge on any atom is -0.354 e. The molecule has 0 aromatic heterocycles. The molecule has 1 N–H and O–H groups in total. The molecule has 0 atom stereocenters. The molecule has 0 saturated carbocycles. The van der Waals surface area contributed by atoms with Gasteiger partial charge in [0.05, 0.1) is 16.2 Å². The summed E-state index contributed by atoms with van der Waals surface area (Å²) in [5, 5.41) is 22.9. The van der Waals surface area contributed by atoms with Crippen molar-refractivity contribution >= 4 is 17.1 Å². The molecule has 0 bridgehead atoms. The molecule has 5 heteroatoms. The molecule has 0 radical (unpaired) electrons. The minimum atomic E-state index is -0.512. The summed E-state index contributed by atoms with van der Waals surface area (Å²) in [4.78, 5) is 10.2. The molecule has 2 rings (SSSR count). The summed E-state index contributed by atoms with van der Waals surface area (Å²) in [6, 6.07) is 12.1. The maximum atomic E-state index is 10.7. The van der Waals surface area contributed by atoms with Crippen molar-refractivity contribution in [2.45, 2.75) is 13.8 Å². The first-order valence-electron chi connectivity index (χ1n) is 6.04. The van der Waals surface area contributed by atoms with E-state index in [1.807, 2.05) is 38.1 Å². The second-order valence-electron chi connectivity index (χ2n) is 4.54. The summed E-state index contributed by atoms with van der Waals surface area (Å²) in [6.07, 6.45) is 0. The molecule has 0 spiro atoms. The Morgan fingerprint density at radius 3 is 2.45 bits per heavy atom. The molecule has 0 unspecified atom stereocenters. The van der Waals surface area contributed by atoms with Gasteiger partial charge in [-0.2, -0.15) is 5.26 Å². The van der Waals surface area contributed by atoms with E-state index in [9.17, 15) is 10.1 Å². The number of nitriles is 1. The lowest BCUT2D eigenvalue weighted by molar-refractivity contribution is -0.384.